The van der Waals surface area contributed by atoms with Crippen molar-refractivity contribution in [2.75, 3.05) is 0 Å². The predicted molar refractivity (Wildman–Crippen MR) is 134 cm³/mol. The van der Waals surface area contributed by atoms with Crippen molar-refractivity contribution in [1.82, 2.24) is 0 Å². The molecule has 1 rings (SSSR count). The first-order chi connectivity index (χ1) is 16.9. The average molecular weight is 508 g/mol. The number of carbonyl (C=O) groups excluding carboxylic acids is 4. The van der Waals surface area contributed by atoms with Crippen LogP contribution in [-0.2, 0) is 35.1 Å². The summed E-state index contributed by atoms with van der Waals surface area (Å²) in [6.07, 6.45) is 0.875. The van der Waals surface area contributed by atoms with E-state index in [4.69, 9.17) is 24.7 Å². The molecule has 0 spiro atoms. The third-order valence-electron chi connectivity index (χ3n) is 5.95. The molecule has 0 amide bonds. The van der Waals surface area contributed by atoms with E-state index in [0.29, 0.717) is 5.56 Å². The molecule has 0 aromatic heterocycles. The fraction of sp³-hybridized carbons (Fsp3) is 0.630. The minimum atomic E-state index is -1.01. The number of rotatable bonds is 14. The Labute approximate surface area is 214 Å². The Hall–Kier alpha value is -2.94. The zero-order valence-corrected chi connectivity index (χ0v) is 22.5. The van der Waals surface area contributed by atoms with Crippen molar-refractivity contribution < 1.29 is 38.1 Å². The Kier molecular flexibility index (Phi) is 13.2. The molecule has 1 aromatic carbocycles. The van der Waals surface area contributed by atoms with Crippen LogP contribution in [0, 0.1) is 11.8 Å². The lowest BCUT2D eigenvalue weighted by molar-refractivity contribution is -0.164. The zero-order chi connectivity index (χ0) is 27.4. The van der Waals surface area contributed by atoms with Crippen molar-refractivity contribution in [3.8, 4) is 11.5 Å². The molecule has 0 fully saturated rings. The number of nitrogens with two attached hydrogens (primary N) is 1. The van der Waals surface area contributed by atoms with Gasteiger partial charge in [-0.25, -0.2) is 0 Å². The van der Waals surface area contributed by atoms with Gasteiger partial charge in [-0.05, 0) is 49.8 Å². The van der Waals surface area contributed by atoms with Crippen LogP contribution in [0.25, 0.3) is 0 Å². The van der Waals surface area contributed by atoms with Gasteiger partial charge in [-0.1, -0.05) is 46.6 Å². The topological polar surface area (TPSA) is 131 Å². The van der Waals surface area contributed by atoms with Gasteiger partial charge in [-0.2, -0.15) is 0 Å². The minimum Gasteiger partial charge on any atom is -0.459 e. The molecule has 0 aliphatic heterocycles. The average Bonchev–Trinajstić information content (AvgIpc) is 2.79. The SMILES string of the molecule is CCC(C)CC(=O)Oc1ccc(C[C@H](N)C(=O)O[C@@H](C)[C@H](C)OC(C)=O)cc1OC(=O)CC(C)CC. The van der Waals surface area contributed by atoms with Crippen LogP contribution < -0.4 is 15.2 Å². The van der Waals surface area contributed by atoms with Gasteiger partial charge in [0.1, 0.15) is 18.2 Å². The van der Waals surface area contributed by atoms with E-state index in [-0.39, 0.29) is 42.6 Å². The second-order valence-corrected chi connectivity index (χ2v) is 9.43. The van der Waals surface area contributed by atoms with E-state index < -0.39 is 42.1 Å². The first kappa shape index (κ1) is 31.1. The summed E-state index contributed by atoms with van der Waals surface area (Å²) in [5, 5.41) is 0. The number of ether oxygens (including phenoxy) is 4. The second kappa shape index (κ2) is 15.2. The van der Waals surface area contributed by atoms with Gasteiger partial charge in [0.2, 0.25) is 0 Å². The molecule has 0 bridgehead atoms. The Morgan fingerprint density at radius 2 is 1.31 bits per heavy atom. The molecular weight excluding hydrogens is 466 g/mol. The number of benzene rings is 1. The van der Waals surface area contributed by atoms with Crippen LogP contribution in [0.2, 0.25) is 0 Å². The van der Waals surface area contributed by atoms with Gasteiger partial charge in [0, 0.05) is 19.8 Å². The maximum Gasteiger partial charge on any atom is 0.323 e. The van der Waals surface area contributed by atoms with Crippen LogP contribution in [0.1, 0.15) is 79.7 Å². The molecule has 0 heterocycles. The minimum absolute atomic E-state index is 0.0878. The molecule has 0 radical (unpaired) electrons. The summed E-state index contributed by atoms with van der Waals surface area (Å²) in [5.74, 6) is -1.50. The zero-order valence-electron chi connectivity index (χ0n) is 22.5. The van der Waals surface area contributed by atoms with Gasteiger partial charge in [0.05, 0.1) is 0 Å². The lowest BCUT2D eigenvalue weighted by Crippen LogP contribution is -2.39. The van der Waals surface area contributed by atoms with Crippen molar-refractivity contribution >= 4 is 23.9 Å². The Bertz CT molecular complexity index is 900. The van der Waals surface area contributed by atoms with Gasteiger partial charge < -0.3 is 24.7 Å². The van der Waals surface area contributed by atoms with E-state index in [9.17, 15) is 19.2 Å². The van der Waals surface area contributed by atoms with Crippen LogP contribution in [0.4, 0.5) is 0 Å². The maximum atomic E-state index is 12.5. The first-order valence-corrected chi connectivity index (χ1v) is 12.5. The third kappa shape index (κ3) is 11.2. The Balaban J connectivity index is 3.00. The molecule has 0 saturated carbocycles. The van der Waals surface area contributed by atoms with Crippen molar-refractivity contribution in [2.24, 2.45) is 17.6 Å². The highest BCUT2D eigenvalue weighted by molar-refractivity contribution is 5.77. The highest BCUT2D eigenvalue weighted by Crippen LogP contribution is 2.30. The molecule has 202 valence electrons. The smallest absolute Gasteiger partial charge is 0.323 e. The van der Waals surface area contributed by atoms with Crippen molar-refractivity contribution in [2.45, 2.75) is 98.8 Å². The number of esters is 4. The molecule has 0 aliphatic rings. The quantitative estimate of drug-likeness (QED) is 0.292. The summed E-state index contributed by atoms with van der Waals surface area (Å²) >= 11 is 0. The van der Waals surface area contributed by atoms with Crippen molar-refractivity contribution in [3.63, 3.8) is 0 Å². The summed E-state index contributed by atoms with van der Waals surface area (Å²) in [5.41, 5.74) is 6.64. The summed E-state index contributed by atoms with van der Waals surface area (Å²) in [6.45, 7) is 12.4. The van der Waals surface area contributed by atoms with E-state index >= 15 is 0 Å². The number of hydrogen-bond donors (Lipinski definition) is 1. The van der Waals surface area contributed by atoms with Crippen LogP contribution in [-0.4, -0.2) is 42.1 Å². The van der Waals surface area contributed by atoms with E-state index in [1.807, 2.05) is 27.7 Å². The first-order valence-electron chi connectivity index (χ1n) is 12.5. The molecule has 9 heteroatoms. The molecule has 2 unspecified atom stereocenters. The second-order valence-electron chi connectivity index (χ2n) is 9.43. The highest BCUT2D eigenvalue weighted by atomic mass is 16.6. The van der Waals surface area contributed by atoms with Crippen LogP contribution >= 0.6 is 0 Å². The monoisotopic (exact) mass is 507 g/mol. The summed E-state index contributed by atoms with van der Waals surface area (Å²) in [4.78, 5) is 48.4. The van der Waals surface area contributed by atoms with E-state index in [1.54, 1.807) is 26.0 Å². The molecule has 9 nitrogen and oxygen atoms in total. The fourth-order valence-electron chi connectivity index (χ4n) is 3.09. The standard InChI is InChI=1S/C27H41NO8/c1-8-16(3)12-25(30)35-23-11-10-21(15-24(23)36-26(31)13-17(4)9-2)14-22(28)27(32)34-19(6)18(5)33-20(7)29/h10-11,15-19,22H,8-9,12-14,28H2,1-7H3/t16?,17?,18-,19-,22-/m0/s1. The van der Waals surface area contributed by atoms with Crippen molar-refractivity contribution in [1.29, 1.82) is 0 Å². The fourth-order valence-corrected chi connectivity index (χ4v) is 3.09. The summed E-state index contributed by atoms with van der Waals surface area (Å²) in [7, 11) is 0. The summed E-state index contributed by atoms with van der Waals surface area (Å²) in [6, 6.07) is 3.70. The van der Waals surface area contributed by atoms with E-state index in [1.165, 1.54) is 13.0 Å². The Morgan fingerprint density at radius 3 is 1.81 bits per heavy atom. The number of hydrogen-bond acceptors (Lipinski definition) is 9. The number of carbonyl (C=O) groups is 4. The van der Waals surface area contributed by atoms with Crippen LogP contribution in [0.5, 0.6) is 11.5 Å². The lowest BCUT2D eigenvalue weighted by atomic mass is 10.0. The van der Waals surface area contributed by atoms with Gasteiger partial charge in [-0.15, -0.1) is 0 Å². The normalized spacial score (nSPS) is 15.1. The summed E-state index contributed by atoms with van der Waals surface area (Å²) < 4.78 is 21.4. The predicted octanol–water partition coefficient (Wildman–Crippen LogP) is 4.12. The van der Waals surface area contributed by atoms with Gasteiger partial charge in [-0.3, -0.25) is 19.2 Å². The van der Waals surface area contributed by atoms with Crippen LogP contribution in [0.15, 0.2) is 18.2 Å². The van der Waals surface area contributed by atoms with Crippen molar-refractivity contribution in [3.05, 3.63) is 23.8 Å². The molecule has 1 aromatic rings. The van der Waals surface area contributed by atoms with Gasteiger partial charge in [0.15, 0.2) is 11.5 Å². The molecule has 36 heavy (non-hydrogen) atoms. The molecule has 5 atom stereocenters. The molecular formula is C27H41NO8. The van der Waals surface area contributed by atoms with Gasteiger partial charge in [0.25, 0.3) is 0 Å². The molecule has 0 aliphatic carbocycles. The maximum absolute atomic E-state index is 12.5. The highest BCUT2D eigenvalue weighted by Gasteiger charge is 2.24. The molecule has 2 N–H and O–H groups in total. The lowest BCUT2D eigenvalue weighted by Gasteiger charge is -2.22. The van der Waals surface area contributed by atoms with E-state index in [2.05, 4.69) is 0 Å². The van der Waals surface area contributed by atoms with Gasteiger partial charge >= 0.3 is 23.9 Å². The molecule has 0 saturated heterocycles. The van der Waals surface area contributed by atoms with E-state index in [0.717, 1.165) is 12.8 Å². The largest absolute Gasteiger partial charge is 0.459 e. The Morgan fingerprint density at radius 1 is 0.806 bits per heavy atom. The van der Waals surface area contributed by atoms with Crippen LogP contribution in [0.3, 0.4) is 0 Å². The third-order valence-corrected chi connectivity index (χ3v) is 5.95.